The minimum absolute atomic E-state index is 0.0902. The van der Waals surface area contributed by atoms with Crippen LogP contribution in [0.3, 0.4) is 0 Å². The lowest BCUT2D eigenvalue weighted by Gasteiger charge is -2.19. The van der Waals surface area contributed by atoms with Crippen LogP contribution in [0.4, 0.5) is 0 Å². The van der Waals surface area contributed by atoms with Crippen LogP contribution in [-0.2, 0) is 10.0 Å². The van der Waals surface area contributed by atoms with E-state index in [2.05, 4.69) is 31.9 Å². The molecule has 7 heteroatoms. The third-order valence-corrected chi connectivity index (χ3v) is 8.26. The van der Waals surface area contributed by atoms with Crippen LogP contribution in [0.2, 0.25) is 0 Å². The van der Waals surface area contributed by atoms with Crippen LogP contribution in [0.25, 0.3) is 0 Å². The van der Waals surface area contributed by atoms with Crippen LogP contribution in [0.5, 0.6) is 0 Å². The zero-order valence-corrected chi connectivity index (χ0v) is 15.6. The fourth-order valence-corrected chi connectivity index (χ4v) is 6.53. The van der Waals surface area contributed by atoms with E-state index in [0.717, 1.165) is 22.9 Å². The van der Waals surface area contributed by atoms with Gasteiger partial charge in [-0.25, -0.2) is 8.42 Å². The summed E-state index contributed by atoms with van der Waals surface area (Å²) < 4.78 is 28.6. The van der Waals surface area contributed by atoms with Crippen molar-refractivity contribution in [3.05, 3.63) is 26.6 Å². The summed E-state index contributed by atoms with van der Waals surface area (Å²) in [4.78, 5) is 0.287. The van der Waals surface area contributed by atoms with Gasteiger partial charge in [0.25, 0.3) is 0 Å². The van der Waals surface area contributed by atoms with Crippen molar-refractivity contribution in [2.75, 3.05) is 13.1 Å². The first-order valence-electron chi connectivity index (χ1n) is 6.94. The van der Waals surface area contributed by atoms with Crippen LogP contribution in [0, 0.1) is 18.8 Å². The van der Waals surface area contributed by atoms with Gasteiger partial charge in [0.1, 0.15) is 0 Å². The highest BCUT2D eigenvalue weighted by Crippen LogP contribution is 2.41. The van der Waals surface area contributed by atoms with Crippen LogP contribution < -0.4 is 0 Å². The lowest BCUT2D eigenvalue weighted by molar-refractivity contribution is 0.129. The summed E-state index contributed by atoms with van der Waals surface area (Å²) in [6.45, 7) is 2.86. The van der Waals surface area contributed by atoms with Crippen molar-refractivity contribution in [1.29, 1.82) is 0 Å². The maximum atomic E-state index is 12.9. The second-order valence-corrected chi connectivity index (χ2v) is 9.54. The number of benzene rings is 1. The van der Waals surface area contributed by atoms with Gasteiger partial charge in [-0.2, -0.15) is 4.31 Å². The maximum Gasteiger partial charge on any atom is 0.244 e. The Bertz CT molecular complexity index is 677. The molecule has 0 amide bonds. The molecular weight excluding hydrogens is 422 g/mol. The Labute approximate surface area is 141 Å². The molecule has 21 heavy (non-hydrogen) atoms. The van der Waals surface area contributed by atoms with E-state index in [-0.39, 0.29) is 16.9 Å². The molecule has 0 aromatic heterocycles. The molecular formula is C14H17Br2NO3S. The van der Waals surface area contributed by atoms with Gasteiger partial charge in [-0.15, -0.1) is 0 Å². The number of halogens is 2. The number of aryl methyl sites for hydroxylation is 1. The summed E-state index contributed by atoms with van der Waals surface area (Å²) in [5.74, 6) is 0.384. The average Bonchev–Trinajstić information content (AvgIpc) is 2.97. The summed E-state index contributed by atoms with van der Waals surface area (Å²) >= 11 is 6.76. The predicted molar refractivity (Wildman–Crippen MR) is 87.6 cm³/mol. The molecule has 1 aromatic rings. The smallest absolute Gasteiger partial charge is 0.244 e. The van der Waals surface area contributed by atoms with Crippen molar-refractivity contribution < 1.29 is 13.5 Å². The first kappa shape index (κ1) is 15.9. The first-order valence-corrected chi connectivity index (χ1v) is 9.97. The Kier molecular flexibility index (Phi) is 4.25. The van der Waals surface area contributed by atoms with E-state index >= 15 is 0 Å². The fourth-order valence-electron chi connectivity index (χ4n) is 3.36. The highest BCUT2D eigenvalue weighted by atomic mass is 79.9. The molecule has 3 atom stereocenters. The van der Waals surface area contributed by atoms with E-state index in [1.54, 1.807) is 6.07 Å². The molecule has 2 aliphatic rings. The lowest BCUT2D eigenvalue weighted by Crippen LogP contribution is -2.31. The minimum atomic E-state index is -3.53. The minimum Gasteiger partial charge on any atom is -0.393 e. The van der Waals surface area contributed by atoms with Gasteiger partial charge in [-0.3, -0.25) is 0 Å². The fraction of sp³-hybridized carbons (Fsp3) is 0.571. The Hall–Kier alpha value is 0.0500. The average molecular weight is 439 g/mol. The lowest BCUT2D eigenvalue weighted by atomic mass is 10.00. The van der Waals surface area contributed by atoms with E-state index in [9.17, 15) is 13.5 Å². The highest BCUT2D eigenvalue weighted by molar-refractivity contribution is 9.11. The van der Waals surface area contributed by atoms with Crippen molar-refractivity contribution in [2.45, 2.75) is 30.8 Å². The standard InChI is InChI=1S/C14H17Br2NO3S/c1-8-4-12(16)14(5-11(8)15)21(19,20)17-6-9-2-3-13(18)10(9)7-17/h4-5,9-10,13,18H,2-3,6-7H2,1H3. The maximum absolute atomic E-state index is 12.9. The van der Waals surface area contributed by atoms with Crippen molar-refractivity contribution >= 4 is 41.9 Å². The van der Waals surface area contributed by atoms with Gasteiger partial charge in [-0.1, -0.05) is 15.9 Å². The predicted octanol–water partition coefficient (Wildman–Crippen LogP) is 2.91. The molecule has 0 spiro atoms. The Morgan fingerprint density at radius 2 is 1.90 bits per heavy atom. The Balaban J connectivity index is 1.94. The summed E-state index contributed by atoms with van der Waals surface area (Å²) in [6, 6.07) is 3.46. The molecule has 0 radical (unpaired) electrons. The number of rotatable bonds is 2. The van der Waals surface area contributed by atoms with E-state index < -0.39 is 10.0 Å². The zero-order chi connectivity index (χ0) is 15.4. The second-order valence-electron chi connectivity index (χ2n) is 5.92. The molecule has 3 unspecified atom stereocenters. The molecule has 1 saturated heterocycles. The molecule has 1 saturated carbocycles. The molecule has 1 aliphatic carbocycles. The zero-order valence-electron chi connectivity index (χ0n) is 11.6. The number of hydrogen-bond acceptors (Lipinski definition) is 3. The molecule has 1 aliphatic heterocycles. The van der Waals surface area contributed by atoms with Gasteiger partial charge < -0.3 is 5.11 Å². The normalized spacial score (nSPS) is 29.8. The van der Waals surface area contributed by atoms with Crippen LogP contribution in [0.15, 0.2) is 26.0 Å². The number of nitrogens with zero attached hydrogens (tertiary/aromatic N) is 1. The van der Waals surface area contributed by atoms with E-state index in [0.29, 0.717) is 23.5 Å². The number of aliphatic hydroxyl groups is 1. The van der Waals surface area contributed by atoms with Crippen molar-refractivity contribution in [3.8, 4) is 0 Å². The van der Waals surface area contributed by atoms with Crippen LogP contribution in [-0.4, -0.2) is 37.0 Å². The number of hydrogen-bond donors (Lipinski definition) is 1. The van der Waals surface area contributed by atoms with E-state index in [1.807, 2.05) is 13.0 Å². The summed E-state index contributed by atoms with van der Waals surface area (Å²) in [5, 5.41) is 9.95. The molecule has 1 heterocycles. The summed E-state index contributed by atoms with van der Waals surface area (Å²) in [6.07, 6.45) is 1.35. The topological polar surface area (TPSA) is 57.6 Å². The van der Waals surface area contributed by atoms with Gasteiger partial charge in [-0.05, 0) is 59.3 Å². The molecule has 0 bridgehead atoms. The van der Waals surface area contributed by atoms with Crippen LogP contribution >= 0.6 is 31.9 Å². The molecule has 116 valence electrons. The largest absolute Gasteiger partial charge is 0.393 e. The van der Waals surface area contributed by atoms with Gasteiger partial charge in [0.2, 0.25) is 10.0 Å². The number of fused-ring (bicyclic) bond motifs is 1. The van der Waals surface area contributed by atoms with E-state index in [4.69, 9.17) is 0 Å². The highest BCUT2D eigenvalue weighted by Gasteiger charge is 2.46. The number of aliphatic hydroxyl groups excluding tert-OH is 1. The van der Waals surface area contributed by atoms with E-state index in [1.165, 1.54) is 4.31 Å². The van der Waals surface area contributed by atoms with Crippen molar-refractivity contribution in [2.24, 2.45) is 11.8 Å². The van der Waals surface area contributed by atoms with Crippen molar-refractivity contribution in [1.82, 2.24) is 4.31 Å². The summed E-state index contributed by atoms with van der Waals surface area (Å²) in [5.41, 5.74) is 0.981. The van der Waals surface area contributed by atoms with Crippen molar-refractivity contribution in [3.63, 3.8) is 0 Å². The Morgan fingerprint density at radius 1 is 1.19 bits per heavy atom. The van der Waals surface area contributed by atoms with Crippen LogP contribution in [0.1, 0.15) is 18.4 Å². The summed E-state index contributed by atoms with van der Waals surface area (Å²) in [7, 11) is -3.53. The molecule has 4 nitrogen and oxygen atoms in total. The quantitative estimate of drug-likeness (QED) is 0.772. The van der Waals surface area contributed by atoms with Gasteiger partial charge in [0, 0.05) is 28.0 Å². The van der Waals surface area contributed by atoms with Gasteiger partial charge >= 0.3 is 0 Å². The molecule has 1 aromatic carbocycles. The van der Waals surface area contributed by atoms with Gasteiger partial charge in [0.05, 0.1) is 11.0 Å². The number of sulfonamides is 1. The molecule has 1 N–H and O–H groups in total. The molecule has 2 fully saturated rings. The van der Waals surface area contributed by atoms with Gasteiger partial charge in [0.15, 0.2) is 0 Å². The Morgan fingerprint density at radius 3 is 2.57 bits per heavy atom. The third kappa shape index (κ3) is 2.72. The SMILES string of the molecule is Cc1cc(Br)c(S(=O)(=O)N2CC3CCC(O)C3C2)cc1Br. The molecule has 3 rings (SSSR count). The second kappa shape index (κ2) is 5.60. The third-order valence-electron chi connectivity index (χ3n) is 4.62. The first-order chi connectivity index (χ1) is 9.80. The monoisotopic (exact) mass is 437 g/mol.